The fraction of sp³-hybridized carbons (Fsp3) is 0.200. The molecule has 0 atom stereocenters. The van der Waals surface area contributed by atoms with E-state index >= 15 is 0 Å². The average Bonchev–Trinajstić information content (AvgIpc) is 3.31. The second kappa shape index (κ2) is 17.6. The van der Waals surface area contributed by atoms with Crippen LogP contribution in [0.4, 0.5) is 51.6 Å². The first kappa shape index (κ1) is 44.8. The third kappa shape index (κ3) is 7.59. The third-order valence-corrected chi connectivity index (χ3v) is 13.6. The summed E-state index contributed by atoms with van der Waals surface area (Å²) in [4.78, 5) is 39.8. The molecular weight excluding hydrogens is 847 g/mol. The Hall–Kier alpha value is -8.04. The Morgan fingerprint density at radius 1 is 0.232 bits per heavy atom. The highest BCUT2D eigenvalue weighted by molar-refractivity contribution is 6.18. The van der Waals surface area contributed by atoms with E-state index in [4.69, 9.17) is 29.9 Å². The number of aryl methyl sites for hydroxylation is 12. The van der Waals surface area contributed by atoms with Gasteiger partial charge in [0.1, 0.15) is 33.1 Å². The predicted molar refractivity (Wildman–Crippen MR) is 287 cm³/mol. The Morgan fingerprint density at radius 2 is 0.391 bits per heavy atom. The summed E-state index contributed by atoms with van der Waals surface area (Å²) < 4.78 is 0. The molecule has 342 valence electrons. The molecule has 0 aliphatic rings. The Morgan fingerprint density at radius 3 is 0.551 bits per heavy atom. The molecule has 0 saturated carbocycles. The van der Waals surface area contributed by atoms with Crippen LogP contribution in [0.25, 0.3) is 33.1 Å². The van der Waals surface area contributed by atoms with E-state index in [1.54, 1.807) is 0 Å². The van der Waals surface area contributed by atoms with E-state index in [2.05, 4.69) is 207 Å². The van der Waals surface area contributed by atoms with Crippen LogP contribution >= 0.6 is 0 Å². The van der Waals surface area contributed by atoms with E-state index in [1.807, 2.05) is 18.6 Å². The van der Waals surface area contributed by atoms with Gasteiger partial charge in [0, 0.05) is 0 Å². The zero-order valence-electron chi connectivity index (χ0n) is 41.6. The molecule has 0 bridgehead atoms. The van der Waals surface area contributed by atoms with Crippen molar-refractivity contribution in [3.05, 3.63) is 195 Å². The second-order valence-corrected chi connectivity index (χ2v) is 18.7. The number of anilines is 9. The molecule has 69 heavy (non-hydrogen) atoms. The number of hydrogen-bond donors (Lipinski definition) is 0. The maximum Gasteiger partial charge on any atom is 0.157 e. The molecule has 3 aromatic heterocycles. The first-order chi connectivity index (χ1) is 33.2. The van der Waals surface area contributed by atoms with Crippen molar-refractivity contribution in [1.29, 1.82) is 0 Å². The Labute approximate surface area is 405 Å². The van der Waals surface area contributed by atoms with Crippen LogP contribution in [0.3, 0.4) is 0 Å². The van der Waals surface area contributed by atoms with Gasteiger partial charge >= 0.3 is 0 Å². The lowest BCUT2D eigenvalue weighted by Crippen LogP contribution is -2.18. The van der Waals surface area contributed by atoms with E-state index in [-0.39, 0.29) is 0 Å². The Kier molecular flexibility index (Phi) is 11.4. The summed E-state index contributed by atoms with van der Waals surface area (Å²) in [6.45, 7) is 25.8. The minimum atomic E-state index is 0.583. The van der Waals surface area contributed by atoms with Crippen LogP contribution in [0, 0.1) is 83.1 Å². The van der Waals surface area contributed by atoms with Gasteiger partial charge in [-0.15, -0.1) is 0 Å². The molecule has 0 unspecified atom stereocenters. The highest BCUT2D eigenvalue weighted by Gasteiger charge is 2.28. The standard InChI is InChI=1S/C60H57N9/c1-34-19-13-20-35(2)55(34)67(56-36(3)21-14-22-37(56)4)46-31-61-49-52(64-46)50-54(66-47(32-62-50)68(57-38(5)23-15-24-39(57)6)58-40(7)25-16-26-41(58)8)51-53(49)65-48(33-63-51)69(59-42(9)27-17-28-43(59)10)60-44(11)29-18-30-45(60)12/h13-33H,1-12H3. The molecule has 0 aliphatic heterocycles. The van der Waals surface area contributed by atoms with E-state index in [0.29, 0.717) is 50.6 Å². The lowest BCUT2D eigenvalue weighted by Gasteiger charge is -2.31. The molecule has 7 aromatic carbocycles. The van der Waals surface area contributed by atoms with Crippen molar-refractivity contribution in [3.8, 4) is 0 Å². The molecule has 0 radical (unpaired) electrons. The summed E-state index contributed by atoms with van der Waals surface area (Å²) in [6, 6.07) is 38.5. The lowest BCUT2D eigenvalue weighted by atomic mass is 10.0. The normalized spacial score (nSPS) is 11.5. The molecule has 0 fully saturated rings. The van der Waals surface area contributed by atoms with Crippen LogP contribution in [0.2, 0.25) is 0 Å². The average molecular weight is 904 g/mol. The zero-order chi connectivity index (χ0) is 48.4. The number of rotatable bonds is 9. The quantitative estimate of drug-likeness (QED) is 0.131. The molecule has 0 aliphatic carbocycles. The summed E-state index contributed by atoms with van der Waals surface area (Å²) in [6.07, 6.45) is 5.62. The van der Waals surface area contributed by atoms with E-state index in [1.165, 1.54) is 0 Å². The molecule has 9 nitrogen and oxygen atoms in total. The van der Waals surface area contributed by atoms with Gasteiger partial charge in [-0.1, -0.05) is 109 Å². The number of aromatic nitrogens is 6. The fourth-order valence-electron chi connectivity index (χ4n) is 10.5. The molecule has 0 amide bonds. The highest BCUT2D eigenvalue weighted by Crippen LogP contribution is 2.46. The van der Waals surface area contributed by atoms with Gasteiger partial charge in [-0.05, 0) is 150 Å². The second-order valence-electron chi connectivity index (χ2n) is 18.7. The summed E-state index contributed by atoms with van der Waals surface area (Å²) >= 11 is 0. The van der Waals surface area contributed by atoms with Gasteiger partial charge < -0.3 is 0 Å². The third-order valence-electron chi connectivity index (χ3n) is 13.6. The maximum atomic E-state index is 5.63. The molecule has 3 heterocycles. The van der Waals surface area contributed by atoms with Gasteiger partial charge in [-0.25, -0.2) is 29.9 Å². The fourth-order valence-corrected chi connectivity index (χ4v) is 10.5. The monoisotopic (exact) mass is 903 g/mol. The first-order valence-corrected chi connectivity index (χ1v) is 23.6. The Balaban J connectivity index is 1.33. The van der Waals surface area contributed by atoms with Crippen LogP contribution in [0.5, 0.6) is 0 Å². The van der Waals surface area contributed by atoms with Gasteiger partial charge in [0.25, 0.3) is 0 Å². The SMILES string of the molecule is Cc1cccc(C)c1N(c1cnc2c(n1)c1ncc(N(c3c(C)cccc3C)c3c(C)cccc3C)nc1c1ncc(N(c3c(C)cccc3C)c3c(C)cccc3C)nc21)c1c(C)cccc1C. The first-order valence-electron chi connectivity index (χ1n) is 23.6. The zero-order valence-corrected chi connectivity index (χ0v) is 41.6. The summed E-state index contributed by atoms with van der Waals surface area (Å²) in [7, 11) is 0. The van der Waals surface area contributed by atoms with Crippen LogP contribution in [0.1, 0.15) is 66.8 Å². The molecule has 0 spiro atoms. The summed E-state index contributed by atoms with van der Waals surface area (Å²) in [5, 5.41) is 0. The van der Waals surface area contributed by atoms with Crippen LogP contribution in [-0.2, 0) is 0 Å². The summed E-state index contributed by atoms with van der Waals surface area (Å²) in [5.41, 5.74) is 23.3. The van der Waals surface area contributed by atoms with Crippen molar-refractivity contribution >= 4 is 84.7 Å². The smallest absolute Gasteiger partial charge is 0.157 e. The van der Waals surface area contributed by atoms with Crippen molar-refractivity contribution in [3.63, 3.8) is 0 Å². The number of fused-ring (bicyclic) bond motifs is 6. The predicted octanol–water partition coefficient (Wildman–Crippen LogP) is 15.6. The van der Waals surface area contributed by atoms with E-state index < -0.39 is 0 Å². The molecule has 10 aromatic rings. The Bertz CT molecular complexity index is 3000. The van der Waals surface area contributed by atoms with Crippen molar-refractivity contribution in [1.82, 2.24) is 29.9 Å². The van der Waals surface area contributed by atoms with Crippen LogP contribution in [0.15, 0.2) is 128 Å². The molecular formula is C60H57N9. The van der Waals surface area contributed by atoms with E-state index in [0.717, 1.165) is 101 Å². The van der Waals surface area contributed by atoms with Crippen molar-refractivity contribution in [2.75, 3.05) is 14.7 Å². The van der Waals surface area contributed by atoms with Crippen molar-refractivity contribution < 1.29 is 0 Å². The molecule has 10 rings (SSSR count). The van der Waals surface area contributed by atoms with Gasteiger partial charge in [-0.3, -0.25) is 14.7 Å². The highest BCUT2D eigenvalue weighted by atomic mass is 15.2. The lowest BCUT2D eigenvalue weighted by molar-refractivity contribution is 1.10. The van der Waals surface area contributed by atoms with Gasteiger partial charge in [0.15, 0.2) is 17.5 Å². The van der Waals surface area contributed by atoms with Gasteiger partial charge in [-0.2, -0.15) is 0 Å². The molecule has 0 saturated heterocycles. The maximum absolute atomic E-state index is 5.63. The van der Waals surface area contributed by atoms with E-state index in [9.17, 15) is 0 Å². The molecule has 9 heteroatoms. The largest absolute Gasteiger partial charge is 0.293 e. The number of para-hydroxylation sites is 6. The van der Waals surface area contributed by atoms with Crippen molar-refractivity contribution in [2.24, 2.45) is 0 Å². The minimum Gasteiger partial charge on any atom is -0.293 e. The van der Waals surface area contributed by atoms with Gasteiger partial charge in [0.2, 0.25) is 0 Å². The number of benzene rings is 7. The van der Waals surface area contributed by atoms with Crippen LogP contribution in [-0.4, -0.2) is 29.9 Å². The minimum absolute atomic E-state index is 0.583. The number of hydrogen-bond acceptors (Lipinski definition) is 9. The van der Waals surface area contributed by atoms with Crippen molar-refractivity contribution in [2.45, 2.75) is 83.1 Å². The van der Waals surface area contributed by atoms with Gasteiger partial charge in [0.05, 0.1) is 52.7 Å². The molecule has 0 N–H and O–H groups in total. The van der Waals surface area contributed by atoms with Crippen LogP contribution < -0.4 is 14.7 Å². The number of nitrogens with zero attached hydrogens (tertiary/aromatic N) is 9. The summed E-state index contributed by atoms with van der Waals surface area (Å²) in [5.74, 6) is 1.98. The topological polar surface area (TPSA) is 87.1 Å².